The van der Waals surface area contributed by atoms with Crippen LogP contribution in [0.3, 0.4) is 0 Å². The van der Waals surface area contributed by atoms with Crippen LogP contribution in [0.4, 0.5) is 0 Å². The number of nitrogens with zero attached hydrogens (tertiary/aromatic N) is 3. The molecule has 1 unspecified atom stereocenters. The molecule has 2 amide bonds. The number of carbonyl (C=O) groups is 2. The van der Waals surface area contributed by atoms with Crippen molar-refractivity contribution in [2.45, 2.75) is 12.8 Å². The molecule has 1 atom stereocenters. The van der Waals surface area contributed by atoms with Gasteiger partial charge in [-0.15, -0.1) is 0 Å². The molecule has 2 heterocycles. The fraction of sp³-hybridized carbons (Fsp3) is 0.375. The van der Waals surface area contributed by atoms with Crippen LogP contribution in [-0.2, 0) is 4.79 Å². The van der Waals surface area contributed by atoms with Crippen molar-refractivity contribution in [3.63, 3.8) is 0 Å². The Bertz CT molecular complexity index is 681. The van der Waals surface area contributed by atoms with Crippen molar-refractivity contribution in [1.29, 1.82) is 0 Å². The summed E-state index contributed by atoms with van der Waals surface area (Å²) in [5, 5.41) is 9.27. The Morgan fingerprint density at radius 2 is 2.09 bits per heavy atom. The SMILES string of the molecule is CNC(=O)C1CCCN(C(=O)c2ccc(-c3ncn[nH]3)cc2)C1. The summed E-state index contributed by atoms with van der Waals surface area (Å²) in [6.07, 6.45) is 3.12. The van der Waals surface area contributed by atoms with Crippen LogP contribution in [0, 0.1) is 5.92 Å². The normalized spacial score (nSPS) is 17.8. The van der Waals surface area contributed by atoms with Crippen molar-refractivity contribution < 1.29 is 9.59 Å². The van der Waals surface area contributed by atoms with Gasteiger partial charge in [-0.3, -0.25) is 14.7 Å². The first kappa shape index (κ1) is 15.2. The average molecular weight is 313 g/mol. The van der Waals surface area contributed by atoms with Crippen LogP contribution in [0.2, 0.25) is 0 Å². The molecule has 1 fully saturated rings. The lowest BCUT2D eigenvalue weighted by Crippen LogP contribution is -2.44. The highest BCUT2D eigenvalue weighted by Crippen LogP contribution is 2.20. The highest BCUT2D eigenvalue weighted by atomic mass is 16.2. The maximum absolute atomic E-state index is 12.6. The summed E-state index contributed by atoms with van der Waals surface area (Å²) >= 11 is 0. The van der Waals surface area contributed by atoms with Gasteiger partial charge in [-0.25, -0.2) is 4.98 Å². The summed E-state index contributed by atoms with van der Waals surface area (Å²) in [4.78, 5) is 30.2. The van der Waals surface area contributed by atoms with E-state index in [1.165, 1.54) is 6.33 Å². The molecule has 2 aromatic rings. The van der Waals surface area contributed by atoms with Crippen LogP contribution in [0.1, 0.15) is 23.2 Å². The van der Waals surface area contributed by atoms with E-state index in [-0.39, 0.29) is 17.7 Å². The number of hydrogen-bond acceptors (Lipinski definition) is 4. The Labute approximate surface area is 134 Å². The highest BCUT2D eigenvalue weighted by molar-refractivity contribution is 5.95. The number of H-pyrrole nitrogens is 1. The molecule has 23 heavy (non-hydrogen) atoms. The van der Waals surface area contributed by atoms with E-state index in [4.69, 9.17) is 0 Å². The van der Waals surface area contributed by atoms with Gasteiger partial charge < -0.3 is 10.2 Å². The molecule has 120 valence electrons. The first-order valence-electron chi connectivity index (χ1n) is 7.65. The monoisotopic (exact) mass is 313 g/mol. The van der Waals surface area contributed by atoms with E-state index in [2.05, 4.69) is 20.5 Å². The molecule has 0 spiro atoms. The van der Waals surface area contributed by atoms with Gasteiger partial charge in [-0.05, 0) is 25.0 Å². The molecule has 7 nitrogen and oxygen atoms in total. The van der Waals surface area contributed by atoms with Gasteiger partial charge in [0, 0.05) is 31.3 Å². The number of likely N-dealkylation sites (tertiary alicyclic amines) is 1. The van der Waals surface area contributed by atoms with Gasteiger partial charge in [0.15, 0.2) is 5.82 Å². The Morgan fingerprint density at radius 1 is 1.30 bits per heavy atom. The second kappa shape index (κ2) is 6.60. The first-order valence-corrected chi connectivity index (χ1v) is 7.65. The molecule has 1 saturated heterocycles. The predicted molar refractivity (Wildman–Crippen MR) is 84.5 cm³/mol. The summed E-state index contributed by atoms with van der Waals surface area (Å²) in [6, 6.07) is 7.25. The van der Waals surface area contributed by atoms with Crippen LogP contribution in [0.5, 0.6) is 0 Å². The van der Waals surface area contributed by atoms with Crippen molar-refractivity contribution in [1.82, 2.24) is 25.4 Å². The van der Waals surface area contributed by atoms with Crippen molar-refractivity contribution in [3.05, 3.63) is 36.2 Å². The minimum atomic E-state index is -0.119. The summed E-state index contributed by atoms with van der Waals surface area (Å²) in [6.45, 7) is 1.17. The number of benzene rings is 1. The van der Waals surface area contributed by atoms with Gasteiger partial charge in [0.05, 0.1) is 5.92 Å². The van der Waals surface area contributed by atoms with E-state index in [0.29, 0.717) is 24.5 Å². The molecule has 1 aliphatic heterocycles. The smallest absolute Gasteiger partial charge is 0.253 e. The third-order valence-electron chi connectivity index (χ3n) is 4.15. The molecule has 3 rings (SSSR count). The van der Waals surface area contributed by atoms with E-state index in [0.717, 1.165) is 18.4 Å². The van der Waals surface area contributed by atoms with Crippen LogP contribution in [0.25, 0.3) is 11.4 Å². The number of nitrogens with one attached hydrogen (secondary N) is 2. The number of hydrogen-bond donors (Lipinski definition) is 2. The Balaban J connectivity index is 1.71. The fourth-order valence-corrected chi connectivity index (χ4v) is 2.88. The van der Waals surface area contributed by atoms with Gasteiger partial charge in [0.2, 0.25) is 5.91 Å². The Morgan fingerprint density at radius 3 is 2.74 bits per heavy atom. The van der Waals surface area contributed by atoms with Gasteiger partial charge in [-0.1, -0.05) is 12.1 Å². The van der Waals surface area contributed by atoms with E-state index in [1.54, 1.807) is 24.1 Å². The molecule has 0 aliphatic carbocycles. The Hall–Kier alpha value is -2.70. The second-order valence-corrected chi connectivity index (χ2v) is 5.62. The number of piperidine rings is 1. The average Bonchev–Trinajstić information content (AvgIpc) is 3.15. The number of aromatic amines is 1. The quantitative estimate of drug-likeness (QED) is 0.887. The lowest BCUT2D eigenvalue weighted by Gasteiger charge is -2.31. The van der Waals surface area contributed by atoms with Crippen molar-refractivity contribution in [2.75, 3.05) is 20.1 Å². The van der Waals surface area contributed by atoms with Crippen molar-refractivity contribution >= 4 is 11.8 Å². The molecule has 2 N–H and O–H groups in total. The highest BCUT2D eigenvalue weighted by Gasteiger charge is 2.28. The van der Waals surface area contributed by atoms with E-state index in [1.807, 2.05) is 12.1 Å². The van der Waals surface area contributed by atoms with Gasteiger partial charge >= 0.3 is 0 Å². The summed E-state index contributed by atoms with van der Waals surface area (Å²) in [5.41, 5.74) is 1.49. The lowest BCUT2D eigenvalue weighted by molar-refractivity contribution is -0.125. The lowest BCUT2D eigenvalue weighted by atomic mass is 9.96. The third-order valence-corrected chi connectivity index (χ3v) is 4.15. The number of carbonyl (C=O) groups excluding carboxylic acids is 2. The predicted octanol–water partition coefficient (Wildman–Crippen LogP) is 1.07. The molecule has 0 radical (unpaired) electrons. The zero-order valence-corrected chi connectivity index (χ0v) is 13.0. The van der Waals surface area contributed by atoms with E-state index in [9.17, 15) is 9.59 Å². The zero-order valence-electron chi connectivity index (χ0n) is 13.0. The van der Waals surface area contributed by atoms with Crippen LogP contribution in [-0.4, -0.2) is 52.0 Å². The van der Waals surface area contributed by atoms with E-state index < -0.39 is 0 Å². The largest absolute Gasteiger partial charge is 0.359 e. The summed E-state index contributed by atoms with van der Waals surface area (Å²) in [7, 11) is 1.63. The van der Waals surface area contributed by atoms with Crippen LogP contribution >= 0.6 is 0 Å². The molecule has 1 aliphatic rings. The fourth-order valence-electron chi connectivity index (χ4n) is 2.88. The molecule has 7 heteroatoms. The second-order valence-electron chi connectivity index (χ2n) is 5.62. The minimum Gasteiger partial charge on any atom is -0.359 e. The van der Waals surface area contributed by atoms with Crippen LogP contribution in [0.15, 0.2) is 30.6 Å². The maximum atomic E-state index is 12.6. The zero-order chi connectivity index (χ0) is 16.2. The van der Waals surface area contributed by atoms with E-state index >= 15 is 0 Å². The number of amides is 2. The first-order chi connectivity index (χ1) is 11.2. The molecule has 1 aromatic carbocycles. The standard InChI is InChI=1S/C16H19N5O2/c1-17-15(22)13-3-2-8-21(9-13)16(23)12-6-4-11(5-7-12)14-18-10-19-20-14/h4-7,10,13H,2-3,8-9H2,1H3,(H,17,22)(H,18,19,20). The molecule has 0 bridgehead atoms. The summed E-state index contributed by atoms with van der Waals surface area (Å²) < 4.78 is 0. The molecular formula is C16H19N5O2. The van der Waals surface area contributed by atoms with Crippen molar-refractivity contribution in [2.24, 2.45) is 5.92 Å². The molecule has 1 aromatic heterocycles. The van der Waals surface area contributed by atoms with Gasteiger partial charge in [0.25, 0.3) is 5.91 Å². The summed E-state index contributed by atoms with van der Waals surface area (Å²) in [5.74, 6) is 0.513. The maximum Gasteiger partial charge on any atom is 0.253 e. The Kier molecular flexibility index (Phi) is 4.36. The number of rotatable bonds is 3. The third kappa shape index (κ3) is 3.23. The molecular weight excluding hydrogens is 294 g/mol. The topological polar surface area (TPSA) is 91.0 Å². The number of aromatic nitrogens is 3. The van der Waals surface area contributed by atoms with Crippen LogP contribution < -0.4 is 5.32 Å². The van der Waals surface area contributed by atoms with Gasteiger partial charge in [-0.2, -0.15) is 5.10 Å². The van der Waals surface area contributed by atoms with Gasteiger partial charge in [0.1, 0.15) is 6.33 Å². The molecule has 0 saturated carbocycles. The van der Waals surface area contributed by atoms with Crippen molar-refractivity contribution in [3.8, 4) is 11.4 Å². The minimum absolute atomic E-state index is 0.00293.